The van der Waals surface area contributed by atoms with Crippen LogP contribution in [0.5, 0.6) is 0 Å². The van der Waals surface area contributed by atoms with Crippen molar-refractivity contribution in [1.82, 2.24) is 0 Å². The number of aryl methyl sites for hydroxylation is 2. The van der Waals surface area contributed by atoms with E-state index in [2.05, 4.69) is 8.80 Å². The first kappa shape index (κ1) is 25.2. The zero-order valence-electron chi connectivity index (χ0n) is 16.6. The molecule has 0 spiro atoms. The van der Waals surface area contributed by atoms with Crippen LogP contribution >= 0.6 is 46.4 Å². The van der Waals surface area contributed by atoms with Crippen molar-refractivity contribution in [2.24, 2.45) is 8.80 Å². The van der Waals surface area contributed by atoms with Gasteiger partial charge in [0.2, 0.25) is 0 Å². The van der Waals surface area contributed by atoms with E-state index in [1.165, 1.54) is 24.3 Å². The summed E-state index contributed by atoms with van der Waals surface area (Å²) in [7, 11) is -8.36. The zero-order valence-corrected chi connectivity index (χ0v) is 21.3. The average molecular weight is 554 g/mol. The van der Waals surface area contributed by atoms with Crippen molar-refractivity contribution in [3.63, 3.8) is 0 Å². The topological polar surface area (TPSA) is 93.0 Å². The second-order valence-electron chi connectivity index (χ2n) is 6.96. The molecule has 0 N–H and O–H groups in total. The van der Waals surface area contributed by atoms with Crippen LogP contribution in [0.1, 0.15) is 11.1 Å². The Labute approximate surface area is 206 Å². The van der Waals surface area contributed by atoms with Crippen molar-refractivity contribution in [3.8, 4) is 0 Å². The van der Waals surface area contributed by atoms with Crippen molar-refractivity contribution in [1.29, 1.82) is 0 Å². The number of nitrogens with zero attached hydrogens (tertiary/aromatic N) is 2. The first-order valence-corrected chi connectivity index (χ1v) is 13.5. The minimum Gasteiger partial charge on any atom is -0.199 e. The molecule has 0 heterocycles. The predicted octanol–water partition coefficient (Wildman–Crippen LogP) is 5.18. The Balaban J connectivity index is 2.09. The lowest BCUT2D eigenvalue weighted by atomic mass is 10.0. The number of hydrogen-bond donors (Lipinski definition) is 0. The van der Waals surface area contributed by atoms with E-state index in [0.29, 0.717) is 0 Å². The summed E-state index contributed by atoms with van der Waals surface area (Å²) in [6, 6.07) is 12.0. The molecule has 0 bridgehead atoms. The number of sulfonamides is 2. The third kappa shape index (κ3) is 5.21. The summed E-state index contributed by atoms with van der Waals surface area (Å²) in [6.45, 7) is 3.61. The van der Waals surface area contributed by atoms with Crippen LogP contribution in [0.25, 0.3) is 0 Å². The van der Waals surface area contributed by atoms with E-state index >= 15 is 0 Å². The van der Waals surface area contributed by atoms with Crippen LogP contribution in [-0.4, -0.2) is 39.0 Å². The molecule has 1 aliphatic carbocycles. The van der Waals surface area contributed by atoms with Crippen LogP contribution < -0.4 is 0 Å². The Hall–Kier alpha value is -1.42. The Bertz CT molecular complexity index is 1240. The largest absolute Gasteiger partial charge is 0.282 e. The second-order valence-corrected chi connectivity index (χ2v) is 11.9. The Kier molecular flexibility index (Phi) is 7.44. The highest BCUT2D eigenvalue weighted by atomic mass is 35.5. The van der Waals surface area contributed by atoms with Gasteiger partial charge in [-0.1, -0.05) is 58.6 Å². The summed E-state index contributed by atoms with van der Waals surface area (Å²) in [5.74, 6) is 0. The van der Waals surface area contributed by atoms with Gasteiger partial charge in [-0.25, -0.2) is 0 Å². The molecule has 2 atom stereocenters. The van der Waals surface area contributed by atoms with Gasteiger partial charge in [0.1, 0.15) is 10.8 Å². The molecule has 2 aromatic carbocycles. The third-order valence-corrected chi connectivity index (χ3v) is 9.01. The van der Waals surface area contributed by atoms with Crippen molar-refractivity contribution in [2.75, 3.05) is 0 Å². The second kappa shape index (κ2) is 9.44. The molecule has 2 aromatic rings. The van der Waals surface area contributed by atoms with Gasteiger partial charge in [0.15, 0.2) is 0 Å². The fraction of sp³-hybridized carbons (Fsp3) is 0.200. The van der Waals surface area contributed by atoms with E-state index in [9.17, 15) is 16.8 Å². The van der Waals surface area contributed by atoms with Crippen LogP contribution in [0.4, 0.5) is 0 Å². The predicted molar refractivity (Wildman–Crippen MR) is 130 cm³/mol. The monoisotopic (exact) mass is 552 g/mol. The SMILES string of the molecule is Cc1ccc(S(=O)(=O)N=C2C(Cl)=C(Cl)C(=NS(=O)(=O)c3ccc(C)cc3)[C@H](Cl)[C@H]2Cl)cc1. The van der Waals surface area contributed by atoms with Gasteiger partial charge >= 0.3 is 0 Å². The van der Waals surface area contributed by atoms with E-state index in [4.69, 9.17) is 46.4 Å². The van der Waals surface area contributed by atoms with E-state index in [1.54, 1.807) is 38.1 Å². The maximum atomic E-state index is 12.7. The summed E-state index contributed by atoms with van der Waals surface area (Å²) < 4.78 is 58.2. The molecule has 32 heavy (non-hydrogen) atoms. The molecule has 6 nitrogen and oxygen atoms in total. The maximum Gasteiger partial charge on any atom is 0.282 e. The molecule has 0 aliphatic heterocycles. The van der Waals surface area contributed by atoms with Crippen molar-refractivity contribution in [3.05, 3.63) is 69.7 Å². The summed E-state index contributed by atoms with van der Waals surface area (Å²) in [5.41, 5.74) is 1.13. The van der Waals surface area contributed by atoms with Crippen molar-refractivity contribution < 1.29 is 16.8 Å². The Morgan fingerprint density at radius 1 is 0.625 bits per heavy atom. The maximum absolute atomic E-state index is 12.7. The highest BCUT2D eigenvalue weighted by Crippen LogP contribution is 2.35. The summed E-state index contributed by atoms with van der Waals surface area (Å²) in [6.07, 6.45) is 0. The van der Waals surface area contributed by atoms with Gasteiger partial charge in [0, 0.05) is 0 Å². The number of benzene rings is 2. The number of allylic oxidation sites excluding steroid dienone is 2. The molecule has 0 saturated carbocycles. The smallest absolute Gasteiger partial charge is 0.199 e. The lowest BCUT2D eigenvalue weighted by Gasteiger charge is -2.25. The van der Waals surface area contributed by atoms with Crippen molar-refractivity contribution >= 4 is 77.9 Å². The Morgan fingerprint density at radius 3 is 1.19 bits per heavy atom. The summed E-state index contributed by atoms with van der Waals surface area (Å²) >= 11 is 25.1. The number of halogens is 4. The standard InChI is InChI=1S/C20H16Cl4N2O4S2/c1-11-3-7-13(8-4-11)31(27,28)25-19-15(21)17(23)20(18(24)16(19)22)26-32(29,30)14-9-5-12(2)6-10-14/h3-10,15,17H,1-2H3/t15-,17-/m1/s1. The van der Waals surface area contributed by atoms with Crippen LogP contribution in [0, 0.1) is 13.8 Å². The molecule has 12 heteroatoms. The van der Waals surface area contributed by atoms with Crippen LogP contribution in [0.15, 0.2) is 77.2 Å². The fourth-order valence-electron chi connectivity index (χ4n) is 2.71. The number of hydrogen-bond acceptors (Lipinski definition) is 4. The highest BCUT2D eigenvalue weighted by molar-refractivity contribution is 7.90. The van der Waals surface area contributed by atoms with E-state index in [1.807, 2.05) is 0 Å². The van der Waals surface area contributed by atoms with Gasteiger partial charge in [0.05, 0.1) is 31.3 Å². The fourth-order valence-corrected chi connectivity index (χ4v) is 6.20. The van der Waals surface area contributed by atoms with Crippen LogP contribution in [-0.2, 0) is 20.0 Å². The molecular weight excluding hydrogens is 538 g/mol. The molecule has 0 unspecified atom stereocenters. The minimum absolute atomic E-state index is 0.0763. The minimum atomic E-state index is -4.18. The molecular formula is C20H16Cl4N2O4S2. The molecule has 0 aromatic heterocycles. The van der Waals surface area contributed by atoms with Gasteiger partial charge in [-0.15, -0.1) is 23.2 Å². The van der Waals surface area contributed by atoms with Gasteiger partial charge < -0.3 is 0 Å². The summed E-state index contributed by atoms with van der Waals surface area (Å²) in [5, 5.41) is -3.31. The Morgan fingerprint density at radius 2 is 0.906 bits per heavy atom. The molecule has 0 saturated heterocycles. The normalized spacial score (nSPS) is 22.6. The first-order valence-electron chi connectivity index (χ1n) is 9.01. The van der Waals surface area contributed by atoms with E-state index < -0.39 is 30.8 Å². The first-order chi connectivity index (χ1) is 14.8. The lowest BCUT2D eigenvalue weighted by molar-refractivity contribution is 0.596. The third-order valence-electron chi connectivity index (χ3n) is 4.50. The highest BCUT2D eigenvalue weighted by Gasteiger charge is 2.39. The molecule has 0 fully saturated rings. The van der Waals surface area contributed by atoms with Gasteiger partial charge in [-0.2, -0.15) is 25.6 Å². The summed E-state index contributed by atoms with van der Waals surface area (Å²) in [4.78, 5) is -0.153. The molecule has 1 aliphatic rings. The van der Waals surface area contributed by atoms with Crippen LogP contribution in [0.2, 0.25) is 0 Å². The lowest BCUT2D eigenvalue weighted by Crippen LogP contribution is -2.38. The number of rotatable bonds is 4. The van der Waals surface area contributed by atoms with E-state index in [-0.39, 0.29) is 31.3 Å². The zero-order chi connectivity index (χ0) is 23.8. The van der Waals surface area contributed by atoms with Crippen molar-refractivity contribution in [2.45, 2.75) is 34.4 Å². The molecule has 0 amide bonds. The van der Waals surface area contributed by atoms with Crippen LogP contribution in [0.3, 0.4) is 0 Å². The molecule has 170 valence electrons. The van der Waals surface area contributed by atoms with Gasteiger partial charge in [0.25, 0.3) is 20.0 Å². The van der Waals surface area contributed by atoms with E-state index in [0.717, 1.165) is 11.1 Å². The van der Waals surface area contributed by atoms with Gasteiger partial charge in [-0.3, -0.25) is 0 Å². The quantitative estimate of drug-likeness (QED) is 0.487. The molecule has 0 radical (unpaired) electrons. The number of alkyl halides is 2. The molecule has 3 rings (SSSR count). The van der Waals surface area contributed by atoms with Gasteiger partial charge in [-0.05, 0) is 38.1 Å². The average Bonchev–Trinajstić information content (AvgIpc) is 2.73.